The van der Waals surface area contributed by atoms with E-state index in [0.29, 0.717) is 27.8 Å². The van der Waals surface area contributed by atoms with Crippen molar-refractivity contribution in [1.82, 2.24) is 34.6 Å². The number of hydrogen-bond donors (Lipinski definition) is 0. The topological polar surface area (TPSA) is 100 Å². The van der Waals surface area contributed by atoms with E-state index in [4.69, 9.17) is 9.84 Å². The summed E-state index contributed by atoms with van der Waals surface area (Å²) in [6.45, 7) is 4.11. The van der Waals surface area contributed by atoms with E-state index in [1.165, 1.54) is 30.0 Å². The minimum Gasteiger partial charge on any atom is -0.469 e. The number of carbonyl (C=O) groups is 1. The molecule has 0 bridgehead atoms. The highest BCUT2D eigenvalue weighted by molar-refractivity contribution is 7.98. The molecule has 0 N–H and O–H groups in total. The number of benzene rings is 2. The van der Waals surface area contributed by atoms with Crippen LogP contribution < -0.4 is 0 Å². The normalized spacial score (nSPS) is 11.4. The van der Waals surface area contributed by atoms with Gasteiger partial charge in [0.1, 0.15) is 5.69 Å². The zero-order valence-electron chi connectivity index (χ0n) is 18.4. The Labute approximate surface area is 193 Å². The zero-order chi connectivity index (χ0) is 22.9. The molecule has 0 aliphatic carbocycles. The smallest absolute Gasteiger partial charge is 0.311 e. The van der Waals surface area contributed by atoms with Crippen LogP contribution in [0.4, 0.5) is 0 Å². The quantitative estimate of drug-likeness (QED) is 0.281. The molecule has 5 rings (SSSR count). The molecule has 2 aromatic carbocycles. The zero-order valence-corrected chi connectivity index (χ0v) is 19.2. The van der Waals surface area contributed by atoms with Gasteiger partial charge >= 0.3 is 5.97 Å². The number of esters is 1. The molecule has 0 saturated carbocycles. The number of aryl methyl sites for hydroxylation is 2. The first-order valence-electron chi connectivity index (χ1n) is 10.4. The van der Waals surface area contributed by atoms with Crippen LogP contribution >= 0.6 is 11.8 Å². The Morgan fingerprint density at radius 3 is 2.58 bits per heavy atom. The highest BCUT2D eigenvalue weighted by Crippen LogP contribution is 2.25. The molecule has 33 heavy (non-hydrogen) atoms. The molecule has 0 aliphatic heterocycles. The summed E-state index contributed by atoms with van der Waals surface area (Å²) in [6.07, 6.45) is -0.0182. The third kappa shape index (κ3) is 4.05. The van der Waals surface area contributed by atoms with Gasteiger partial charge in [0, 0.05) is 5.75 Å². The van der Waals surface area contributed by atoms with Crippen molar-refractivity contribution < 1.29 is 9.53 Å². The van der Waals surface area contributed by atoms with Crippen molar-refractivity contribution in [2.75, 3.05) is 7.11 Å². The second-order valence-electron chi connectivity index (χ2n) is 7.64. The number of hydrogen-bond acceptors (Lipinski definition) is 8. The van der Waals surface area contributed by atoms with Crippen molar-refractivity contribution in [3.63, 3.8) is 0 Å². The van der Waals surface area contributed by atoms with Crippen LogP contribution in [0.3, 0.4) is 0 Å². The lowest BCUT2D eigenvalue weighted by molar-refractivity contribution is -0.139. The van der Waals surface area contributed by atoms with E-state index < -0.39 is 5.97 Å². The van der Waals surface area contributed by atoms with Crippen LogP contribution in [0.1, 0.15) is 22.4 Å². The standard InChI is InChI=1S/C23H21N7O2S/c1-14-8-10-17(11-9-14)29-21-20(18(27-29)12-19(31)32-3)25-26-22-24-23(28-30(21)22)33-13-16-7-5-4-6-15(16)2/h4-11H,12-13H2,1-3H3. The Balaban J connectivity index is 1.61. The lowest BCUT2D eigenvalue weighted by Crippen LogP contribution is -2.06. The van der Waals surface area contributed by atoms with Crippen molar-refractivity contribution in [2.45, 2.75) is 31.2 Å². The van der Waals surface area contributed by atoms with Gasteiger partial charge in [-0.25, -0.2) is 4.68 Å². The van der Waals surface area contributed by atoms with Gasteiger partial charge in [-0.05, 0) is 37.1 Å². The Kier molecular flexibility index (Phi) is 5.51. The average Bonchev–Trinajstić information content (AvgIpc) is 3.40. The van der Waals surface area contributed by atoms with E-state index in [1.54, 1.807) is 9.20 Å². The Hall–Kier alpha value is -3.79. The number of thioether (sulfide) groups is 1. The van der Waals surface area contributed by atoms with Crippen molar-refractivity contribution in [1.29, 1.82) is 0 Å². The first-order valence-corrected chi connectivity index (χ1v) is 11.3. The largest absolute Gasteiger partial charge is 0.469 e. The van der Waals surface area contributed by atoms with Gasteiger partial charge in [0.25, 0.3) is 5.78 Å². The Morgan fingerprint density at radius 1 is 1.03 bits per heavy atom. The summed E-state index contributed by atoms with van der Waals surface area (Å²) in [4.78, 5) is 16.5. The van der Waals surface area contributed by atoms with Crippen molar-refractivity contribution in [2.24, 2.45) is 0 Å². The predicted octanol–water partition coefficient (Wildman–Crippen LogP) is 3.48. The maximum absolute atomic E-state index is 12.0. The number of fused-ring (bicyclic) bond motifs is 3. The second-order valence-corrected chi connectivity index (χ2v) is 8.58. The lowest BCUT2D eigenvalue weighted by Gasteiger charge is -2.04. The fraction of sp³-hybridized carbons (Fsp3) is 0.217. The van der Waals surface area contributed by atoms with Crippen molar-refractivity contribution in [3.05, 3.63) is 70.9 Å². The summed E-state index contributed by atoms with van der Waals surface area (Å²) in [5, 5.41) is 18.5. The lowest BCUT2D eigenvalue weighted by atomic mass is 10.1. The minimum atomic E-state index is -0.402. The molecule has 3 heterocycles. The van der Waals surface area contributed by atoms with Gasteiger partial charge in [-0.3, -0.25) is 4.79 Å². The molecule has 0 spiro atoms. The van der Waals surface area contributed by atoms with Crippen LogP contribution in [0.15, 0.2) is 53.7 Å². The van der Waals surface area contributed by atoms with Gasteiger partial charge in [-0.1, -0.05) is 53.7 Å². The molecule has 0 unspecified atom stereocenters. The van der Waals surface area contributed by atoms with Crippen LogP contribution in [-0.4, -0.2) is 47.7 Å². The third-order valence-corrected chi connectivity index (χ3v) is 6.24. The molecule has 5 aromatic rings. The highest BCUT2D eigenvalue weighted by atomic mass is 32.2. The third-order valence-electron chi connectivity index (χ3n) is 5.35. The summed E-state index contributed by atoms with van der Waals surface area (Å²) in [6, 6.07) is 16.2. The minimum absolute atomic E-state index is 0.0182. The summed E-state index contributed by atoms with van der Waals surface area (Å²) < 4.78 is 8.19. The van der Waals surface area contributed by atoms with Gasteiger partial charge in [0.2, 0.25) is 5.16 Å². The maximum atomic E-state index is 12.0. The average molecular weight is 460 g/mol. The van der Waals surface area contributed by atoms with Crippen LogP contribution in [0.25, 0.3) is 22.6 Å². The molecule has 10 heteroatoms. The number of nitrogens with zero attached hydrogens (tertiary/aromatic N) is 7. The van der Waals surface area contributed by atoms with E-state index in [2.05, 4.69) is 39.3 Å². The molecule has 0 fully saturated rings. The number of ether oxygens (including phenoxy) is 1. The fourth-order valence-corrected chi connectivity index (χ4v) is 4.39. The maximum Gasteiger partial charge on any atom is 0.311 e. The Morgan fingerprint density at radius 2 is 1.82 bits per heavy atom. The van der Waals surface area contributed by atoms with E-state index >= 15 is 0 Å². The highest BCUT2D eigenvalue weighted by Gasteiger charge is 2.22. The molecule has 0 aliphatic rings. The van der Waals surface area contributed by atoms with Gasteiger partial charge in [0.15, 0.2) is 11.2 Å². The molecule has 166 valence electrons. The van der Waals surface area contributed by atoms with E-state index in [9.17, 15) is 4.79 Å². The van der Waals surface area contributed by atoms with Crippen LogP contribution in [-0.2, 0) is 21.7 Å². The number of methoxy groups -OCH3 is 1. The van der Waals surface area contributed by atoms with Gasteiger partial charge in [-0.2, -0.15) is 14.6 Å². The predicted molar refractivity (Wildman–Crippen MR) is 124 cm³/mol. The van der Waals surface area contributed by atoms with Crippen LogP contribution in [0.5, 0.6) is 0 Å². The van der Waals surface area contributed by atoms with Gasteiger partial charge in [-0.15, -0.1) is 15.3 Å². The second kappa shape index (κ2) is 8.62. The SMILES string of the molecule is COC(=O)Cc1nn(-c2ccc(C)cc2)c2c1nnc1nc(SCc3ccccc3C)nn12. The van der Waals surface area contributed by atoms with Crippen molar-refractivity contribution in [3.8, 4) is 5.69 Å². The van der Waals surface area contributed by atoms with Crippen LogP contribution in [0, 0.1) is 13.8 Å². The first kappa shape index (κ1) is 21.1. The Bertz CT molecular complexity index is 1470. The summed E-state index contributed by atoms with van der Waals surface area (Å²) in [5.41, 5.74) is 5.94. The first-order chi connectivity index (χ1) is 16.0. The van der Waals surface area contributed by atoms with Crippen molar-refractivity contribution >= 4 is 34.7 Å². The summed E-state index contributed by atoms with van der Waals surface area (Å²) >= 11 is 1.53. The van der Waals surface area contributed by atoms with Gasteiger partial charge in [0.05, 0.1) is 19.2 Å². The number of aromatic nitrogens is 7. The molecule has 3 aromatic heterocycles. The van der Waals surface area contributed by atoms with E-state index in [1.807, 2.05) is 43.3 Å². The molecular formula is C23H21N7O2S. The van der Waals surface area contributed by atoms with Crippen LogP contribution in [0.2, 0.25) is 0 Å². The van der Waals surface area contributed by atoms with E-state index in [0.717, 1.165) is 17.0 Å². The van der Waals surface area contributed by atoms with Gasteiger partial charge < -0.3 is 4.74 Å². The molecule has 0 saturated heterocycles. The molecular weight excluding hydrogens is 438 g/mol. The molecule has 0 radical (unpaired) electrons. The summed E-state index contributed by atoms with van der Waals surface area (Å²) in [5.74, 6) is 0.707. The molecule has 0 atom stereocenters. The summed E-state index contributed by atoms with van der Waals surface area (Å²) in [7, 11) is 1.35. The number of rotatable bonds is 6. The van der Waals surface area contributed by atoms with E-state index in [-0.39, 0.29) is 6.42 Å². The monoisotopic (exact) mass is 459 g/mol. The number of carbonyl (C=O) groups excluding carboxylic acids is 1. The molecule has 9 nitrogen and oxygen atoms in total. The molecule has 0 amide bonds. The fourth-order valence-electron chi connectivity index (χ4n) is 3.49.